The first-order valence-electron chi connectivity index (χ1n) is 19.8. The molecule has 0 bridgehead atoms. The van der Waals surface area contributed by atoms with E-state index in [1.165, 1.54) is 11.1 Å². The summed E-state index contributed by atoms with van der Waals surface area (Å²) in [6, 6.07) is 32.5. The minimum absolute atomic E-state index is 0.135. The van der Waals surface area contributed by atoms with Crippen LogP contribution >= 0.6 is 0 Å². The van der Waals surface area contributed by atoms with Gasteiger partial charge in [-0.15, -0.1) is 0 Å². The second kappa shape index (κ2) is 16.9. The summed E-state index contributed by atoms with van der Waals surface area (Å²) in [5, 5.41) is 12.3. The number of phenolic OH excluding ortho intramolecular Hbond substituents is 1. The number of anilines is 1. The molecule has 9 nitrogen and oxygen atoms in total. The first kappa shape index (κ1) is 37.9. The van der Waals surface area contributed by atoms with Crippen LogP contribution < -0.4 is 15.0 Å². The zero-order valence-corrected chi connectivity index (χ0v) is 32.2. The molecular formula is C46H52N4O5. The van der Waals surface area contributed by atoms with Crippen LogP contribution in [0.2, 0.25) is 0 Å². The van der Waals surface area contributed by atoms with Gasteiger partial charge in [0.05, 0.1) is 6.61 Å². The van der Waals surface area contributed by atoms with Gasteiger partial charge in [0.1, 0.15) is 17.5 Å². The lowest BCUT2D eigenvalue weighted by molar-refractivity contribution is -0.136. The molecule has 4 aromatic rings. The lowest BCUT2D eigenvalue weighted by Crippen LogP contribution is -2.57. The number of hydrogen-bond acceptors (Lipinski definition) is 7. The van der Waals surface area contributed by atoms with Crippen molar-refractivity contribution in [3.8, 4) is 11.5 Å². The number of piperidine rings is 1. The van der Waals surface area contributed by atoms with Crippen molar-refractivity contribution in [3.63, 3.8) is 0 Å². The number of unbranched alkanes of at least 4 members (excludes halogenated alkanes) is 2. The minimum Gasteiger partial charge on any atom is -0.508 e. The Morgan fingerprint density at radius 3 is 2.18 bits per heavy atom. The normalized spacial score (nSPS) is 20.6. The van der Waals surface area contributed by atoms with E-state index in [0.29, 0.717) is 37.2 Å². The Kier molecular flexibility index (Phi) is 11.7. The van der Waals surface area contributed by atoms with E-state index in [1.807, 2.05) is 30.3 Å². The Balaban J connectivity index is 0.886. The van der Waals surface area contributed by atoms with Crippen molar-refractivity contribution in [2.24, 2.45) is 0 Å². The average molecular weight is 741 g/mol. The van der Waals surface area contributed by atoms with Gasteiger partial charge in [0.2, 0.25) is 11.8 Å². The van der Waals surface area contributed by atoms with E-state index in [0.717, 1.165) is 79.0 Å². The summed E-state index contributed by atoms with van der Waals surface area (Å²) in [5.74, 6) is 0.330. The first-order chi connectivity index (χ1) is 26.7. The van der Waals surface area contributed by atoms with Gasteiger partial charge in [0, 0.05) is 49.4 Å². The molecule has 0 spiro atoms. The van der Waals surface area contributed by atoms with Crippen LogP contribution in [0.3, 0.4) is 0 Å². The highest BCUT2D eigenvalue weighted by Crippen LogP contribution is 2.36. The van der Waals surface area contributed by atoms with E-state index in [1.54, 1.807) is 17.0 Å². The van der Waals surface area contributed by atoms with Gasteiger partial charge in [-0.25, -0.2) is 0 Å². The van der Waals surface area contributed by atoms with Crippen LogP contribution in [0.4, 0.5) is 5.69 Å². The van der Waals surface area contributed by atoms with Crippen molar-refractivity contribution in [3.05, 3.63) is 125 Å². The van der Waals surface area contributed by atoms with Crippen LogP contribution in [-0.2, 0) is 16.1 Å². The maximum absolute atomic E-state index is 13.2. The van der Waals surface area contributed by atoms with Crippen LogP contribution in [0, 0.1) is 0 Å². The second-order valence-corrected chi connectivity index (χ2v) is 15.1. The van der Waals surface area contributed by atoms with E-state index >= 15 is 0 Å². The number of imide groups is 1. The number of nitrogens with zero attached hydrogens (tertiary/aromatic N) is 3. The van der Waals surface area contributed by atoms with Gasteiger partial charge in [0.15, 0.2) is 0 Å². The van der Waals surface area contributed by atoms with Gasteiger partial charge in [-0.1, -0.05) is 61.5 Å². The quantitative estimate of drug-likeness (QED) is 0.0825. The van der Waals surface area contributed by atoms with Gasteiger partial charge >= 0.3 is 0 Å². The summed E-state index contributed by atoms with van der Waals surface area (Å²) in [5.41, 5.74) is 8.49. The Bertz CT molecular complexity index is 2020. The molecule has 3 unspecified atom stereocenters. The molecule has 0 aromatic heterocycles. The second-order valence-electron chi connectivity index (χ2n) is 15.1. The fourth-order valence-electron chi connectivity index (χ4n) is 8.55. The molecule has 0 saturated carbocycles. The number of allylic oxidation sites excluding steroid dienone is 1. The fraction of sp³-hybridized carbons (Fsp3) is 0.370. The third kappa shape index (κ3) is 8.47. The minimum atomic E-state index is -0.600. The highest BCUT2D eigenvalue weighted by molar-refractivity contribution is 6.05. The number of fused-ring (bicyclic) bond motifs is 1. The van der Waals surface area contributed by atoms with Crippen molar-refractivity contribution in [1.82, 2.24) is 15.1 Å². The highest BCUT2D eigenvalue weighted by Gasteiger charge is 2.39. The summed E-state index contributed by atoms with van der Waals surface area (Å²) in [7, 11) is 0. The molecule has 3 heterocycles. The van der Waals surface area contributed by atoms with Crippen LogP contribution in [0.25, 0.3) is 11.1 Å². The molecule has 286 valence electrons. The van der Waals surface area contributed by atoms with Crippen LogP contribution in [0.15, 0.2) is 97.1 Å². The Morgan fingerprint density at radius 1 is 0.818 bits per heavy atom. The van der Waals surface area contributed by atoms with E-state index in [4.69, 9.17) is 4.74 Å². The van der Waals surface area contributed by atoms with Crippen LogP contribution in [0.1, 0.15) is 91.9 Å². The van der Waals surface area contributed by atoms with Gasteiger partial charge in [-0.2, -0.15) is 0 Å². The topological polar surface area (TPSA) is 102 Å². The monoisotopic (exact) mass is 740 g/mol. The molecule has 7 rings (SSSR count). The number of piperazine rings is 1. The molecule has 0 aliphatic carbocycles. The maximum atomic E-state index is 13.2. The molecule has 3 atom stereocenters. The number of rotatable bonds is 13. The molecule has 55 heavy (non-hydrogen) atoms. The van der Waals surface area contributed by atoms with Gasteiger partial charge in [-0.3, -0.25) is 24.6 Å². The molecule has 3 aliphatic heterocycles. The zero-order chi connectivity index (χ0) is 38.5. The highest BCUT2D eigenvalue weighted by atomic mass is 16.5. The van der Waals surface area contributed by atoms with Crippen LogP contribution in [0.5, 0.6) is 11.5 Å². The number of aromatic hydroxyl groups is 1. The van der Waals surface area contributed by atoms with E-state index in [-0.39, 0.29) is 29.9 Å². The number of phenols is 1. The number of hydrogen-bond donors (Lipinski definition) is 2. The number of benzene rings is 4. The maximum Gasteiger partial charge on any atom is 0.255 e. The van der Waals surface area contributed by atoms with E-state index in [2.05, 4.69) is 90.5 Å². The molecule has 3 aliphatic rings. The molecule has 0 radical (unpaired) electrons. The summed E-state index contributed by atoms with van der Waals surface area (Å²) in [4.78, 5) is 43.9. The molecule has 4 aromatic carbocycles. The fourth-order valence-corrected chi connectivity index (χ4v) is 8.55. The SMILES string of the molecule is CC/C(=C(\c1ccc(O)cc1)c1ccc(OCCCCCN2C(C)CN(c3ccc4c(c3)CN(C3CCC(=O)NC3=O)C4=O)CC2C)cc1)c1ccccc1. The Hall–Kier alpha value is -5.41. The van der Waals surface area contributed by atoms with Gasteiger partial charge < -0.3 is 19.6 Å². The number of carbonyl (C=O) groups is 3. The van der Waals surface area contributed by atoms with Crippen molar-refractivity contribution >= 4 is 34.6 Å². The summed E-state index contributed by atoms with van der Waals surface area (Å²) in [6.07, 6.45) is 4.68. The largest absolute Gasteiger partial charge is 0.508 e. The van der Waals surface area contributed by atoms with Gasteiger partial charge in [0.25, 0.3) is 5.91 Å². The number of ether oxygens (including phenoxy) is 1. The molecule has 3 amide bonds. The van der Waals surface area contributed by atoms with Crippen molar-refractivity contribution in [2.75, 3.05) is 31.1 Å². The summed E-state index contributed by atoms with van der Waals surface area (Å²) >= 11 is 0. The first-order valence-corrected chi connectivity index (χ1v) is 19.8. The van der Waals surface area contributed by atoms with Gasteiger partial charge in [-0.05, 0) is 128 Å². The van der Waals surface area contributed by atoms with E-state index < -0.39 is 6.04 Å². The molecular weight excluding hydrogens is 689 g/mol. The zero-order valence-electron chi connectivity index (χ0n) is 32.2. The van der Waals surface area contributed by atoms with E-state index in [9.17, 15) is 19.5 Å². The standard InChI is InChI=1S/C46H52N4O5/c1-4-40(33-11-7-5-8-12-33)44(34-13-18-38(51)19-14-34)35-15-20-39(21-16-35)55-26-10-6-9-25-49-31(2)28-48(29-32(49)3)37-17-22-41-36(27-37)30-50(46(41)54)42-23-24-43(52)47-45(42)53/h5,7-8,11-22,27,31-32,42,51H,4,6,9-10,23-26,28-30H2,1-3H3,(H,47,52,53)/b44-40-. The number of amides is 3. The van der Waals surface area contributed by atoms with Crippen molar-refractivity contribution < 1.29 is 24.2 Å². The third-order valence-corrected chi connectivity index (χ3v) is 11.4. The predicted molar refractivity (Wildman–Crippen MR) is 217 cm³/mol. The number of nitrogens with one attached hydrogen (secondary N) is 1. The molecule has 2 fully saturated rings. The lowest BCUT2D eigenvalue weighted by Gasteiger charge is -2.45. The molecule has 9 heteroatoms. The van der Waals surface area contributed by atoms with Crippen molar-refractivity contribution in [2.45, 2.75) is 84.0 Å². The summed E-state index contributed by atoms with van der Waals surface area (Å²) < 4.78 is 6.19. The average Bonchev–Trinajstić information content (AvgIpc) is 3.51. The summed E-state index contributed by atoms with van der Waals surface area (Å²) in [6.45, 7) is 10.7. The molecule has 2 saturated heterocycles. The Morgan fingerprint density at radius 2 is 1.51 bits per heavy atom. The Labute approximate surface area is 324 Å². The van der Waals surface area contributed by atoms with Crippen LogP contribution in [-0.4, -0.2) is 77.0 Å². The lowest BCUT2D eigenvalue weighted by atomic mass is 9.88. The number of carbonyl (C=O) groups excluding carboxylic acids is 3. The third-order valence-electron chi connectivity index (χ3n) is 11.4. The predicted octanol–water partition coefficient (Wildman–Crippen LogP) is 7.67. The smallest absolute Gasteiger partial charge is 0.255 e. The molecule has 2 N–H and O–H groups in total. The van der Waals surface area contributed by atoms with Crippen molar-refractivity contribution in [1.29, 1.82) is 0 Å².